The lowest BCUT2D eigenvalue weighted by molar-refractivity contribution is 0.0901. The molecule has 0 aliphatic heterocycles. The number of thiazole rings is 1. The summed E-state index contributed by atoms with van der Waals surface area (Å²) in [5.74, 6) is 0.109. The van der Waals surface area contributed by atoms with Crippen LogP contribution in [0.3, 0.4) is 0 Å². The van der Waals surface area contributed by atoms with Crippen molar-refractivity contribution < 1.29 is 9.90 Å². The van der Waals surface area contributed by atoms with Crippen molar-refractivity contribution in [3.8, 4) is 0 Å². The first kappa shape index (κ1) is 15.7. The number of anilines is 2. The Balaban J connectivity index is 2.85. The monoisotopic (exact) mass is 286 g/mol. The number of nitrogens with zero attached hydrogens (tertiary/aromatic N) is 2. The van der Waals surface area contributed by atoms with Gasteiger partial charge in [0.05, 0.1) is 12.6 Å². The van der Waals surface area contributed by atoms with Gasteiger partial charge in [0.25, 0.3) is 5.91 Å². The SMILES string of the molecule is CCN(C)c1nc(N)c(C(=O)N[C@H](CO)C(C)C)s1. The van der Waals surface area contributed by atoms with Crippen molar-refractivity contribution in [3.05, 3.63) is 4.88 Å². The molecule has 19 heavy (non-hydrogen) atoms. The summed E-state index contributed by atoms with van der Waals surface area (Å²) in [7, 11) is 1.89. The molecule has 0 aliphatic carbocycles. The van der Waals surface area contributed by atoms with Crippen LogP contribution >= 0.6 is 11.3 Å². The van der Waals surface area contributed by atoms with E-state index in [9.17, 15) is 9.90 Å². The lowest BCUT2D eigenvalue weighted by Crippen LogP contribution is -2.41. The average molecular weight is 286 g/mol. The van der Waals surface area contributed by atoms with Crippen molar-refractivity contribution in [3.63, 3.8) is 0 Å². The lowest BCUT2D eigenvalue weighted by Gasteiger charge is -2.19. The molecule has 1 rings (SSSR count). The highest BCUT2D eigenvalue weighted by Crippen LogP contribution is 2.27. The largest absolute Gasteiger partial charge is 0.394 e. The third-order valence-electron chi connectivity index (χ3n) is 2.97. The van der Waals surface area contributed by atoms with Crippen molar-refractivity contribution in [2.45, 2.75) is 26.8 Å². The minimum absolute atomic E-state index is 0.0934. The van der Waals surface area contributed by atoms with Crippen LogP contribution in [-0.4, -0.2) is 42.2 Å². The number of aliphatic hydroxyl groups excluding tert-OH is 1. The predicted octanol–water partition coefficient (Wildman–Crippen LogP) is 0.928. The van der Waals surface area contributed by atoms with Gasteiger partial charge >= 0.3 is 0 Å². The van der Waals surface area contributed by atoms with E-state index in [2.05, 4.69) is 10.3 Å². The summed E-state index contributed by atoms with van der Waals surface area (Å²) >= 11 is 1.26. The quantitative estimate of drug-likeness (QED) is 0.723. The molecule has 0 saturated carbocycles. The van der Waals surface area contributed by atoms with E-state index in [1.165, 1.54) is 11.3 Å². The zero-order valence-electron chi connectivity index (χ0n) is 11.8. The maximum atomic E-state index is 12.1. The number of aromatic nitrogens is 1. The van der Waals surface area contributed by atoms with Crippen LogP contribution in [0, 0.1) is 5.92 Å². The summed E-state index contributed by atoms with van der Waals surface area (Å²) in [5, 5.41) is 12.7. The molecule has 0 bridgehead atoms. The minimum Gasteiger partial charge on any atom is -0.394 e. The second-order valence-electron chi connectivity index (χ2n) is 4.73. The molecule has 1 heterocycles. The zero-order valence-corrected chi connectivity index (χ0v) is 12.6. The molecule has 0 aliphatic rings. The summed E-state index contributed by atoms with van der Waals surface area (Å²) in [4.78, 5) is 18.6. The highest BCUT2D eigenvalue weighted by atomic mass is 32.1. The van der Waals surface area contributed by atoms with Gasteiger partial charge in [-0.2, -0.15) is 0 Å². The van der Waals surface area contributed by atoms with Crippen LogP contribution in [0.15, 0.2) is 0 Å². The molecule has 6 nitrogen and oxygen atoms in total. The second-order valence-corrected chi connectivity index (χ2v) is 5.71. The molecular weight excluding hydrogens is 264 g/mol. The standard InChI is InChI=1S/C12H22N4O2S/c1-5-16(4)12-15-10(13)9(19-12)11(18)14-8(6-17)7(2)3/h7-8,17H,5-6,13H2,1-4H3,(H,14,18)/t8-/m1/s1. The fourth-order valence-electron chi connectivity index (χ4n) is 1.44. The molecule has 4 N–H and O–H groups in total. The van der Waals surface area contributed by atoms with Gasteiger partial charge in [0.15, 0.2) is 5.13 Å². The van der Waals surface area contributed by atoms with Crippen LogP contribution in [0.5, 0.6) is 0 Å². The maximum absolute atomic E-state index is 12.1. The first-order valence-corrected chi connectivity index (χ1v) is 7.11. The van der Waals surface area contributed by atoms with E-state index >= 15 is 0 Å². The summed E-state index contributed by atoms with van der Waals surface area (Å²) in [6, 6.07) is -0.277. The third-order valence-corrected chi connectivity index (χ3v) is 4.15. The molecule has 0 spiro atoms. The topological polar surface area (TPSA) is 91.5 Å². The van der Waals surface area contributed by atoms with E-state index in [0.717, 1.165) is 11.7 Å². The van der Waals surface area contributed by atoms with Gasteiger partial charge in [-0.05, 0) is 12.8 Å². The van der Waals surface area contributed by atoms with Crippen molar-refractivity contribution >= 4 is 28.2 Å². The van der Waals surface area contributed by atoms with Crippen molar-refractivity contribution in [1.82, 2.24) is 10.3 Å². The van der Waals surface area contributed by atoms with Crippen LogP contribution in [0.2, 0.25) is 0 Å². The molecular formula is C12H22N4O2S. The second kappa shape index (κ2) is 6.72. The van der Waals surface area contributed by atoms with Crippen molar-refractivity contribution in [2.24, 2.45) is 5.92 Å². The van der Waals surface area contributed by atoms with Crippen molar-refractivity contribution in [2.75, 3.05) is 30.8 Å². The first-order valence-electron chi connectivity index (χ1n) is 6.29. The first-order chi connectivity index (χ1) is 8.90. The van der Waals surface area contributed by atoms with Gasteiger partial charge < -0.3 is 21.1 Å². The molecule has 108 valence electrons. The van der Waals surface area contributed by atoms with Crippen LogP contribution in [0.25, 0.3) is 0 Å². The molecule has 1 amide bonds. The van der Waals surface area contributed by atoms with Gasteiger partial charge in [0, 0.05) is 13.6 Å². The molecule has 7 heteroatoms. The molecule has 1 aromatic heterocycles. The number of carbonyl (C=O) groups excluding carboxylic acids is 1. The Morgan fingerprint density at radius 3 is 2.68 bits per heavy atom. The van der Waals surface area contributed by atoms with Crippen LogP contribution in [-0.2, 0) is 0 Å². The van der Waals surface area contributed by atoms with Gasteiger partial charge in [-0.3, -0.25) is 4.79 Å². The Morgan fingerprint density at radius 1 is 1.58 bits per heavy atom. The van der Waals surface area contributed by atoms with E-state index in [-0.39, 0.29) is 30.3 Å². The van der Waals surface area contributed by atoms with Gasteiger partial charge in [0.1, 0.15) is 10.7 Å². The Kier molecular flexibility index (Phi) is 5.56. The Morgan fingerprint density at radius 2 is 2.21 bits per heavy atom. The molecule has 0 aromatic carbocycles. The van der Waals surface area contributed by atoms with E-state index in [4.69, 9.17) is 5.73 Å². The third kappa shape index (κ3) is 3.81. The number of nitrogens with two attached hydrogens (primary N) is 1. The number of hydrogen-bond donors (Lipinski definition) is 3. The number of amides is 1. The molecule has 0 unspecified atom stereocenters. The van der Waals surface area contributed by atoms with Gasteiger partial charge in [-0.15, -0.1) is 0 Å². The van der Waals surface area contributed by atoms with Gasteiger partial charge in [-0.1, -0.05) is 25.2 Å². The molecule has 0 fully saturated rings. The summed E-state index contributed by atoms with van der Waals surface area (Å²) in [6.45, 7) is 6.57. The number of nitrogen functional groups attached to an aromatic ring is 1. The summed E-state index contributed by atoms with van der Waals surface area (Å²) in [5.41, 5.74) is 5.78. The number of nitrogens with one attached hydrogen (secondary N) is 1. The average Bonchev–Trinajstić information content (AvgIpc) is 2.76. The minimum atomic E-state index is -0.279. The smallest absolute Gasteiger partial charge is 0.265 e. The maximum Gasteiger partial charge on any atom is 0.265 e. The molecule has 0 saturated heterocycles. The predicted molar refractivity (Wildman–Crippen MR) is 78.6 cm³/mol. The highest BCUT2D eigenvalue weighted by Gasteiger charge is 2.21. The fourth-order valence-corrected chi connectivity index (χ4v) is 2.35. The summed E-state index contributed by atoms with van der Waals surface area (Å²) < 4.78 is 0. The van der Waals surface area contributed by atoms with E-state index < -0.39 is 0 Å². The Hall–Kier alpha value is -1.34. The van der Waals surface area contributed by atoms with Crippen LogP contribution in [0.4, 0.5) is 10.9 Å². The normalized spacial score (nSPS) is 12.5. The number of aliphatic hydroxyl groups is 1. The van der Waals surface area contributed by atoms with Gasteiger partial charge in [0.2, 0.25) is 0 Å². The molecule has 0 radical (unpaired) electrons. The Bertz CT molecular complexity index is 433. The molecule has 1 atom stereocenters. The van der Waals surface area contributed by atoms with Crippen LogP contribution < -0.4 is 16.0 Å². The number of hydrogen-bond acceptors (Lipinski definition) is 6. The van der Waals surface area contributed by atoms with E-state index in [1.54, 1.807) is 0 Å². The molecule has 1 aromatic rings. The van der Waals surface area contributed by atoms with Crippen molar-refractivity contribution in [1.29, 1.82) is 0 Å². The zero-order chi connectivity index (χ0) is 14.6. The fraction of sp³-hybridized carbons (Fsp3) is 0.667. The van der Waals surface area contributed by atoms with E-state index in [0.29, 0.717) is 4.88 Å². The lowest BCUT2D eigenvalue weighted by atomic mass is 10.1. The van der Waals surface area contributed by atoms with E-state index in [1.807, 2.05) is 32.7 Å². The number of rotatable bonds is 6. The van der Waals surface area contributed by atoms with Crippen LogP contribution in [0.1, 0.15) is 30.4 Å². The Labute approximate surface area is 117 Å². The summed E-state index contributed by atoms with van der Waals surface area (Å²) in [6.07, 6.45) is 0. The highest BCUT2D eigenvalue weighted by molar-refractivity contribution is 7.18. The van der Waals surface area contributed by atoms with Gasteiger partial charge in [-0.25, -0.2) is 4.98 Å². The number of carbonyl (C=O) groups is 1.